The number of amides is 1. The average Bonchev–Trinajstić information content (AvgIpc) is 3.15. The molecule has 3 rings (SSSR count). The molecule has 0 radical (unpaired) electrons. The fraction of sp³-hybridized carbons (Fsp3) is 0.652. The first kappa shape index (κ1) is 21.6. The van der Waals surface area contributed by atoms with E-state index >= 15 is 0 Å². The highest BCUT2D eigenvalue weighted by molar-refractivity contribution is 5.80. The molecule has 1 amide bonds. The predicted octanol–water partition coefficient (Wildman–Crippen LogP) is 2.59. The molecule has 2 heterocycles. The summed E-state index contributed by atoms with van der Waals surface area (Å²) in [6.07, 6.45) is 3.70. The highest BCUT2D eigenvalue weighted by atomic mass is 16.2. The fourth-order valence-corrected chi connectivity index (χ4v) is 4.28. The van der Waals surface area contributed by atoms with E-state index in [1.807, 2.05) is 24.1 Å². The summed E-state index contributed by atoms with van der Waals surface area (Å²) in [6.45, 7) is 10.3. The molecule has 0 bridgehead atoms. The third kappa shape index (κ3) is 6.46. The van der Waals surface area contributed by atoms with Gasteiger partial charge in [0.1, 0.15) is 0 Å². The summed E-state index contributed by atoms with van der Waals surface area (Å²) in [4.78, 5) is 21.4. The largest absolute Gasteiger partial charge is 0.356 e. The van der Waals surface area contributed by atoms with Gasteiger partial charge in [0.25, 0.3) is 0 Å². The Hall–Kier alpha value is -2.08. The third-order valence-corrected chi connectivity index (χ3v) is 5.83. The fourth-order valence-electron chi connectivity index (χ4n) is 4.28. The second-order valence-electron chi connectivity index (χ2n) is 8.73. The van der Waals surface area contributed by atoms with Crippen molar-refractivity contribution in [3.8, 4) is 0 Å². The maximum atomic E-state index is 12.5. The molecule has 1 saturated heterocycles. The lowest BCUT2D eigenvalue weighted by atomic mass is 10.0. The van der Waals surface area contributed by atoms with E-state index in [0.29, 0.717) is 12.5 Å². The molecule has 2 aliphatic heterocycles. The minimum Gasteiger partial charge on any atom is -0.356 e. The van der Waals surface area contributed by atoms with Gasteiger partial charge in [-0.1, -0.05) is 38.1 Å². The molecule has 0 saturated carbocycles. The topological polar surface area (TPSA) is 60.0 Å². The maximum absolute atomic E-state index is 12.5. The van der Waals surface area contributed by atoms with E-state index < -0.39 is 0 Å². The zero-order chi connectivity index (χ0) is 20.6. The number of benzene rings is 1. The predicted molar refractivity (Wildman–Crippen MR) is 119 cm³/mol. The van der Waals surface area contributed by atoms with E-state index in [1.165, 1.54) is 17.7 Å². The van der Waals surface area contributed by atoms with Crippen LogP contribution in [0.1, 0.15) is 50.7 Å². The van der Waals surface area contributed by atoms with Crippen LogP contribution in [-0.4, -0.2) is 60.9 Å². The highest BCUT2D eigenvalue weighted by Gasteiger charge is 2.22. The van der Waals surface area contributed by atoms with Crippen LogP contribution in [0.5, 0.6) is 0 Å². The highest BCUT2D eigenvalue weighted by Crippen LogP contribution is 2.22. The molecular formula is C23H37N5O. The van der Waals surface area contributed by atoms with Crippen molar-refractivity contribution in [2.75, 3.05) is 33.2 Å². The zero-order valence-electron chi connectivity index (χ0n) is 18.3. The van der Waals surface area contributed by atoms with Crippen LogP contribution in [0.3, 0.4) is 0 Å². The first-order valence-electron chi connectivity index (χ1n) is 11.1. The number of fused-ring (bicyclic) bond motifs is 1. The number of hydrogen-bond acceptors (Lipinski definition) is 3. The van der Waals surface area contributed by atoms with Gasteiger partial charge in [-0.15, -0.1) is 0 Å². The van der Waals surface area contributed by atoms with Gasteiger partial charge < -0.3 is 20.4 Å². The van der Waals surface area contributed by atoms with Gasteiger partial charge in [0, 0.05) is 58.8 Å². The molecule has 0 atom stereocenters. The molecule has 0 aliphatic carbocycles. The molecule has 2 N–H and O–H groups in total. The molecular weight excluding hydrogens is 362 g/mol. The van der Waals surface area contributed by atoms with Gasteiger partial charge in [-0.3, -0.25) is 9.79 Å². The van der Waals surface area contributed by atoms with Crippen molar-refractivity contribution in [1.82, 2.24) is 20.4 Å². The molecule has 0 aromatic heterocycles. The van der Waals surface area contributed by atoms with Crippen LogP contribution in [0.4, 0.5) is 0 Å². The van der Waals surface area contributed by atoms with Gasteiger partial charge >= 0.3 is 0 Å². The normalized spacial score (nSPS) is 18.2. The SMILES string of the molecule is CN=C(NCCCC(=O)N1Cc2ccccc2C1)NC1CCN(CC(C)C)CC1. The van der Waals surface area contributed by atoms with Crippen molar-refractivity contribution in [2.45, 2.75) is 58.7 Å². The van der Waals surface area contributed by atoms with Crippen LogP contribution in [0.25, 0.3) is 0 Å². The van der Waals surface area contributed by atoms with Gasteiger partial charge in [-0.2, -0.15) is 0 Å². The Labute approximate surface area is 175 Å². The zero-order valence-corrected chi connectivity index (χ0v) is 18.3. The number of nitrogens with one attached hydrogen (secondary N) is 2. The number of guanidine groups is 1. The molecule has 29 heavy (non-hydrogen) atoms. The lowest BCUT2D eigenvalue weighted by molar-refractivity contribution is -0.131. The van der Waals surface area contributed by atoms with E-state index in [9.17, 15) is 4.79 Å². The quantitative estimate of drug-likeness (QED) is 0.420. The van der Waals surface area contributed by atoms with Gasteiger partial charge in [-0.25, -0.2) is 0 Å². The van der Waals surface area contributed by atoms with Crippen molar-refractivity contribution in [2.24, 2.45) is 10.9 Å². The van der Waals surface area contributed by atoms with Crippen LogP contribution >= 0.6 is 0 Å². The maximum Gasteiger partial charge on any atom is 0.223 e. The number of piperidine rings is 1. The Balaban J connectivity index is 1.31. The minimum absolute atomic E-state index is 0.239. The average molecular weight is 400 g/mol. The minimum atomic E-state index is 0.239. The third-order valence-electron chi connectivity index (χ3n) is 5.83. The molecule has 1 aromatic rings. The summed E-state index contributed by atoms with van der Waals surface area (Å²) >= 11 is 0. The number of likely N-dealkylation sites (tertiary alicyclic amines) is 1. The summed E-state index contributed by atoms with van der Waals surface area (Å²) in [7, 11) is 1.82. The molecule has 0 unspecified atom stereocenters. The van der Waals surface area contributed by atoms with E-state index in [0.717, 1.165) is 63.9 Å². The molecule has 2 aliphatic rings. The lowest BCUT2D eigenvalue weighted by Crippen LogP contribution is -2.49. The second-order valence-corrected chi connectivity index (χ2v) is 8.73. The number of carbonyl (C=O) groups excluding carboxylic acids is 1. The molecule has 0 spiro atoms. The Morgan fingerprint density at radius 3 is 2.41 bits per heavy atom. The molecule has 6 heteroatoms. The van der Waals surface area contributed by atoms with Crippen molar-refractivity contribution in [3.05, 3.63) is 35.4 Å². The summed E-state index contributed by atoms with van der Waals surface area (Å²) < 4.78 is 0. The Bertz CT molecular complexity index is 669. The monoisotopic (exact) mass is 399 g/mol. The first-order chi connectivity index (χ1) is 14.0. The Morgan fingerprint density at radius 1 is 1.17 bits per heavy atom. The number of rotatable bonds is 7. The van der Waals surface area contributed by atoms with Crippen LogP contribution < -0.4 is 10.6 Å². The molecule has 1 aromatic carbocycles. The van der Waals surface area contributed by atoms with Crippen molar-refractivity contribution < 1.29 is 4.79 Å². The summed E-state index contributed by atoms with van der Waals surface area (Å²) in [6, 6.07) is 8.81. The second kappa shape index (κ2) is 10.6. The standard InChI is InChI=1S/C23H37N5O/c1-18(2)15-27-13-10-21(11-14-27)26-23(24-3)25-12-6-9-22(29)28-16-19-7-4-5-8-20(19)17-28/h4-5,7-8,18,21H,6,9-17H2,1-3H3,(H2,24,25,26). The number of aliphatic imine (C=N–C) groups is 1. The van der Waals surface area contributed by atoms with Crippen molar-refractivity contribution >= 4 is 11.9 Å². The van der Waals surface area contributed by atoms with Gasteiger partial charge in [-0.05, 0) is 36.3 Å². The van der Waals surface area contributed by atoms with Gasteiger partial charge in [0.05, 0.1) is 0 Å². The molecule has 160 valence electrons. The van der Waals surface area contributed by atoms with Crippen molar-refractivity contribution in [1.29, 1.82) is 0 Å². The number of carbonyl (C=O) groups is 1. The van der Waals surface area contributed by atoms with E-state index in [4.69, 9.17) is 0 Å². The van der Waals surface area contributed by atoms with Crippen LogP contribution in [0.15, 0.2) is 29.3 Å². The summed E-state index contributed by atoms with van der Waals surface area (Å²) in [5, 5.41) is 6.93. The van der Waals surface area contributed by atoms with E-state index in [1.54, 1.807) is 0 Å². The smallest absolute Gasteiger partial charge is 0.223 e. The van der Waals surface area contributed by atoms with E-state index in [2.05, 4.69) is 46.5 Å². The number of hydrogen-bond donors (Lipinski definition) is 2. The van der Waals surface area contributed by atoms with Crippen LogP contribution in [0, 0.1) is 5.92 Å². The first-order valence-corrected chi connectivity index (χ1v) is 11.1. The van der Waals surface area contributed by atoms with Crippen LogP contribution in [0.2, 0.25) is 0 Å². The molecule has 6 nitrogen and oxygen atoms in total. The van der Waals surface area contributed by atoms with Crippen molar-refractivity contribution in [3.63, 3.8) is 0 Å². The number of nitrogens with zero attached hydrogens (tertiary/aromatic N) is 3. The lowest BCUT2D eigenvalue weighted by Gasteiger charge is -2.34. The summed E-state index contributed by atoms with van der Waals surface area (Å²) in [5.74, 6) is 1.82. The Kier molecular flexibility index (Phi) is 7.92. The van der Waals surface area contributed by atoms with E-state index in [-0.39, 0.29) is 5.91 Å². The summed E-state index contributed by atoms with van der Waals surface area (Å²) in [5.41, 5.74) is 2.56. The van der Waals surface area contributed by atoms with Crippen LogP contribution in [-0.2, 0) is 17.9 Å². The van der Waals surface area contributed by atoms with Gasteiger partial charge in [0.2, 0.25) is 5.91 Å². The van der Waals surface area contributed by atoms with Gasteiger partial charge in [0.15, 0.2) is 5.96 Å². The molecule has 1 fully saturated rings. The Morgan fingerprint density at radius 2 is 1.83 bits per heavy atom.